The molecule has 3 N–H and O–H groups in total. The lowest BCUT2D eigenvalue weighted by Crippen LogP contribution is -2.54. The molecule has 3 atom stereocenters. The summed E-state index contributed by atoms with van der Waals surface area (Å²) < 4.78 is 0. The van der Waals surface area contributed by atoms with E-state index in [-0.39, 0.29) is 29.9 Å². The van der Waals surface area contributed by atoms with Gasteiger partial charge in [-0.1, -0.05) is 19.3 Å². The predicted octanol–water partition coefficient (Wildman–Crippen LogP) is 0.539. The van der Waals surface area contributed by atoms with Crippen molar-refractivity contribution in [3.63, 3.8) is 0 Å². The largest absolute Gasteiger partial charge is 0.381 e. The first-order valence-electron chi connectivity index (χ1n) is 9.19. The summed E-state index contributed by atoms with van der Waals surface area (Å²) in [5.74, 6) is -0.254. The fourth-order valence-corrected chi connectivity index (χ4v) is 4.20. The molecule has 1 aliphatic carbocycles. The average molecular weight is 323 g/mol. The molecule has 0 aromatic carbocycles. The van der Waals surface area contributed by atoms with E-state index in [1.54, 1.807) is 4.90 Å². The molecule has 0 aromatic rings. The molecule has 0 bridgehead atoms. The van der Waals surface area contributed by atoms with Crippen LogP contribution in [0, 0.1) is 0 Å². The van der Waals surface area contributed by atoms with Gasteiger partial charge in [0.25, 0.3) is 5.91 Å². The van der Waals surface area contributed by atoms with Crippen LogP contribution in [-0.2, 0) is 9.59 Å². The summed E-state index contributed by atoms with van der Waals surface area (Å²) in [6, 6.07) is -0.314. The first-order chi connectivity index (χ1) is 11.2. The van der Waals surface area contributed by atoms with E-state index in [2.05, 4.69) is 10.6 Å². The highest BCUT2D eigenvalue weighted by molar-refractivity contribution is 5.86. The van der Waals surface area contributed by atoms with Gasteiger partial charge in [0.15, 0.2) is 6.10 Å². The van der Waals surface area contributed by atoms with E-state index >= 15 is 0 Å². The Bertz CT molecular complexity index is 431. The molecule has 2 heterocycles. The maximum Gasteiger partial charge on any atom is 0.251 e. The molecule has 0 radical (unpaired) electrons. The Morgan fingerprint density at radius 2 is 1.83 bits per heavy atom. The number of aliphatic hydroxyl groups is 1. The van der Waals surface area contributed by atoms with E-state index in [1.807, 2.05) is 0 Å². The second-order valence-corrected chi connectivity index (χ2v) is 7.18. The lowest BCUT2D eigenvalue weighted by Gasteiger charge is -2.31. The number of amides is 2. The molecule has 2 saturated heterocycles. The summed E-state index contributed by atoms with van der Waals surface area (Å²) in [6.45, 7) is 1.52. The molecule has 6 nitrogen and oxygen atoms in total. The summed E-state index contributed by atoms with van der Waals surface area (Å²) >= 11 is 0. The average Bonchev–Trinajstić information content (AvgIpc) is 3.26. The van der Waals surface area contributed by atoms with Crippen molar-refractivity contribution in [1.82, 2.24) is 15.5 Å². The van der Waals surface area contributed by atoms with Crippen molar-refractivity contribution in [3.8, 4) is 0 Å². The van der Waals surface area contributed by atoms with E-state index in [0.29, 0.717) is 13.0 Å². The lowest BCUT2D eigenvalue weighted by molar-refractivity contribution is -0.141. The van der Waals surface area contributed by atoms with Gasteiger partial charge in [-0.05, 0) is 45.1 Å². The maximum absolute atomic E-state index is 12.6. The number of aliphatic hydroxyl groups excluding tert-OH is 1. The Kier molecular flexibility index (Phi) is 5.54. The highest BCUT2D eigenvalue weighted by atomic mass is 16.3. The van der Waals surface area contributed by atoms with Crippen molar-refractivity contribution in [2.24, 2.45) is 0 Å². The Hall–Kier alpha value is -1.14. The number of carbonyl (C=O) groups excluding carboxylic acids is 2. The zero-order chi connectivity index (χ0) is 16.2. The zero-order valence-electron chi connectivity index (χ0n) is 13.8. The van der Waals surface area contributed by atoms with Gasteiger partial charge in [0, 0.05) is 12.6 Å². The summed E-state index contributed by atoms with van der Waals surface area (Å²) in [7, 11) is 0. The first kappa shape index (κ1) is 16.7. The minimum Gasteiger partial charge on any atom is -0.381 e. The van der Waals surface area contributed by atoms with Crippen LogP contribution in [0.15, 0.2) is 0 Å². The topological polar surface area (TPSA) is 81.7 Å². The van der Waals surface area contributed by atoms with Crippen LogP contribution >= 0.6 is 0 Å². The Labute approximate surface area is 138 Å². The van der Waals surface area contributed by atoms with Crippen molar-refractivity contribution in [3.05, 3.63) is 0 Å². The van der Waals surface area contributed by atoms with Crippen molar-refractivity contribution in [1.29, 1.82) is 0 Å². The van der Waals surface area contributed by atoms with Crippen LogP contribution in [-0.4, -0.2) is 59.1 Å². The molecule has 2 unspecified atom stereocenters. The van der Waals surface area contributed by atoms with Crippen LogP contribution in [0.3, 0.4) is 0 Å². The molecular formula is C17H29N3O3. The number of nitrogens with one attached hydrogen (secondary N) is 2. The quantitative estimate of drug-likeness (QED) is 0.705. The Morgan fingerprint density at radius 3 is 2.52 bits per heavy atom. The summed E-state index contributed by atoms with van der Waals surface area (Å²) in [5.41, 5.74) is 0. The van der Waals surface area contributed by atoms with Gasteiger partial charge in [-0.3, -0.25) is 9.59 Å². The van der Waals surface area contributed by atoms with Gasteiger partial charge in [0.05, 0.1) is 12.1 Å². The monoisotopic (exact) mass is 323 g/mol. The van der Waals surface area contributed by atoms with E-state index in [9.17, 15) is 14.7 Å². The van der Waals surface area contributed by atoms with Gasteiger partial charge in [-0.2, -0.15) is 0 Å². The second kappa shape index (κ2) is 7.62. The van der Waals surface area contributed by atoms with Crippen molar-refractivity contribution in [2.45, 2.75) is 82.0 Å². The summed E-state index contributed by atoms with van der Waals surface area (Å²) in [4.78, 5) is 26.7. The second-order valence-electron chi connectivity index (χ2n) is 7.18. The minimum atomic E-state index is -1.11. The number of likely N-dealkylation sites (tertiary alicyclic amines) is 1. The Balaban J connectivity index is 1.57. The van der Waals surface area contributed by atoms with Crippen LogP contribution in [0.4, 0.5) is 0 Å². The molecule has 23 heavy (non-hydrogen) atoms. The molecule has 2 aliphatic heterocycles. The highest BCUT2D eigenvalue weighted by Crippen LogP contribution is 2.24. The van der Waals surface area contributed by atoms with Crippen LogP contribution in [0.5, 0.6) is 0 Å². The Morgan fingerprint density at radius 1 is 1.04 bits per heavy atom. The molecule has 6 heteroatoms. The third-order valence-corrected chi connectivity index (χ3v) is 5.53. The molecule has 2 amide bonds. The number of hydrogen-bond acceptors (Lipinski definition) is 4. The van der Waals surface area contributed by atoms with Crippen LogP contribution in [0.1, 0.15) is 57.8 Å². The van der Waals surface area contributed by atoms with Crippen LogP contribution < -0.4 is 10.6 Å². The molecule has 3 rings (SSSR count). The van der Waals surface area contributed by atoms with Gasteiger partial charge in [0.2, 0.25) is 5.91 Å². The summed E-state index contributed by atoms with van der Waals surface area (Å²) in [6.07, 6.45) is 7.83. The van der Waals surface area contributed by atoms with Crippen molar-refractivity contribution < 1.29 is 14.7 Å². The summed E-state index contributed by atoms with van der Waals surface area (Å²) in [5, 5.41) is 16.7. The molecular weight excluding hydrogens is 294 g/mol. The SMILES string of the molecule is O=C(NC1CCCCC1)C(O)C1CCCN1C(=O)[C@H]1CCCN1. The smallest absolute Gasteiger partial charge is 0.251 e. The number of carbonyl (C=O) groups is 2. The van der Waals surface area contributed by atoms with Gasteiger partial charge < -0.3 is 20.6 Å². The molecule has 130 valence electrons. The third-order valence-electron chi connectivity index (χ3n) is 5.53. The maximum atomic E-state index is 12.6. The number of hydrogen-bond donors (Lipinski definition) is 3. The fraction of sp³-hybridized carbons (Fsp3) is 0.882. The van der Waals surface area contributed by atoms with Crippen molar-refractivity contribution >= 4 is 11.8 Å². The lowest BCUT2D eigenvalue weighted by atomic mass is 9.95. The normalized spacial score (nSPS) is 30.4. The molecule has 0 spiro atoms. The van der Waals surface area contributed by atoms with E-state index in [4.69, 9.17) is 0 Å². The van der Waals surface area contributed by atoms with E-state index in [1.165, 1.54) is 6.42 Å². The molecule has 3 fully saturated rings. The number of rotatable bonds is 4. The molecule has 0 aromatic heterocycles. The van der Waals surface area contributed by atoms with Crippen molar-refractivity contribution in [2.75, 3.05) is 13.1 Å². The van der Waals surface area contributed by atoms with E-state index in [0.717, 1.165) is 51.5 Å². The van der Waals surface area contributed by atoms with Crippen LogP contribution in [0.25, 0.3) is 0 Å². The van der Waals surface area contributed by atoms with Gasteiger partial charge in [0.1, 0.15) is 0 Å². The fourth-order valence-electron chi connectivity index (χ4n) is 4.20. The molecule has 1 saturated carbocycles. The first-order valence-corrected chi connectivity index (χ1v) is 9.19. The third kappa shape index (κ3) is 3.86. The van der Waals surface area contributed by atoms with E-state index < -0.39 is 6.10 Å². The zero-order valence-corrected chi connectivity index (χ0v) is 13.8. The van der Waals surface area contributed by atoms with Gasteiger partial charge >= 0.3 is 0 Å². The van der Waals surface area contributed by atoms with Gasteiger partial charge in [-0.25, -0.2) is 0 Å². The number of nitrogens with zero attached hydrogens (tertiary/aromatic N) is 1. The highest BCUT2D eigenvalue weighted by Gasteiger charge is 2.40. The molecule has 3 aliphatic rings. The van der Waals surface area contributed by atoms with Gasteiger partial charge in [-0.15, -0.1) is 0 Å². The van der Waals surface area contributed by atoms with Crippen LogP contribution in [0.2, 0.25) is 0 Å². The minimum absolute atomic E-state index is 0.0505. The predicted molar refractivity (Wildman–Crippen MR) is 86.8 cm³/mol. The standard InChI is InChI=1S/C17H29N3O3/c21-15(16(22)19-12-6-2-1-3-7-12)14-9-5-11-20(14)17(23)13-8-4-10-18-13/h12-15,18,21H,1-11H2,(H,19,22)/t13-,14?,15?/m1/s1.